The molecule has 1 nitrogen and oxygen atoms in total. The Morgan fingerprint density at radius 3 is 3.07 bits per heavy atom. The Balaban J connectivity index is 1.80. The summed E-state index contributed by atoms with van der Waals surface area (Å²) in [6, 6.07) is 8.83. The second kappa shape index (κ2) is 3.60. The first-order chi connectivity index (χ1) is 7.30. The van der Waals surface area contributed by atoms with Crippen LogP contribution in [0.4, 0.5) is 0 Å². The average Bonchev–Trinajstić information content (AvgIpc) is 2.93. The molecule has 1 N–H and O–H groups in total. The summed E-state index contributed by atoms with van der Waals surface area (Å²) in [5.41, 5.74) is 2.13. The molecule has 0 amide bonds. The van der Waals surface area contributed by atoms with Gasteiger partial charge in [-0.2, -0.15) is 0 Å². The summed E-state index contributed by atoms with van der Waals surface area (Å²) in [5.74, 6) is 0.808. The van der Waals surface area contributed by atoms with E-state index in [-0.39, 0.29) is 0 Å². The third kappa shape index (κ3) is 1.74. The molecule has 15 heavy (non-hydrogen) atoms. The summed E-state index contributed by atoms with van der Waals surface area (Å²) >= 11 is 3.56. The van der Waals surface area contributed by atoms with Gasteiger partial charge >= 0.3 is 0 Å². The van der Waals surface area contributed by atoms with Gasteiger partial charge in [-0.1, -0.05) is 28.1 Å². The maximum atomic E-state index is 3.56. The number of hydrogen-bond acceptors (Lipinski definition) is 1. The lowest BCUT2D eigenvalue weighted by Crippen LogP contribution is -2.31. The Morgan fingerprint density at radius 1 is 1.40 bits per heavy atom. The molecule has 1 saturated carbocycles. The van der Waals surface area contributed by atoms with Crippen molar-refractivity contribution in [2.24, 2.45) is 5.41 Å². The molecular weight excluding hydrogens is 250 g/mol. The molecule has 0 aromatic heterocycles. The van der Waals surface area contributed by atoms with Crippen LogP contribution in [0.25, 0.3) is 0 Å². The van der Waals surface area contributed by atoms with Crippen molar-refractivity contribution in [2.45, 2.75) is 25.2 Å². The van der Waals surface area contributed by atoms with E-state index in [9.17, 15) is 0 Å². The second-order valence-electron chi connectivity index (χ2n) is 4.95. The Hall–Kier alpha value is -0.340. The molecule has 2 atom stereocenters. The lowest BCUT2D eigenvalue weighted by atomic mass is 9.91. The highest BCUT2D eigenvalue weighted by Gasteiger charge is 2.54. The van der Waals surface area contributed by atoms with Gasteiger partial charge in [-0.3, -0.25) is 0 Å². The molecule has 2 aliphatic rings. The summed E-state index contributed by atoms with van der Waals surface area (Å²) in [7, 11) is 0. The fourth-order valence-electron chi connectivity index (χ4n) is 3.01. The molecule has 2 heteroatoms. The smallest absolute Gasteiger partial charge is 0.0178 e. The number of hydrogen-bond donors (Lipinski definition) is 1. The molecule has 1 heterocycles. The lowest BCUT2D eigenvalue weighted by Gasteiger charge is -2.23. The largest absolute Gasteiger partial charge is 0.316 e. The van der Waals surface area contributed by atoms with E-state index in [1.165, 1.54) is 42.4 Å². The molecule has 2 unspecified atom stereocenters. The van der Waals surface area contributed by atoms with E-state index in [0.29, 0.717) is 5.41 Å². The molecule has 1 saturated heterocycles. The number of piperidine rings is 1. The van der Waals surface area contributed by atoms with E-state index < -0.39 is 0 Å². The van der Waals surface area contributed by atoms with Crippen LogP contribution in [0.15, 0.2) is 28.7 Å². The van der Waals surface area contributed by atoms with Gasteiger partial charge in [0, 0.05) is 11.0 Å². The minimum Gasteiger partial charge on any atom is -0.316 e. The summed E-state index contributed by atoms with van der Waals surface area (Å²) in [4.78, 5) is 0. The van der Waals surface area contributed by atoms with Crippen molar-refractivity contribution < 1.29 is 0 Å². The third-order valence-electron chi connectivity index (χ3n) is 3.95. The zero-order chi connectivity index (χ0) is 10.3. The molecule has 1 aromatic carbocycles. The predicted molar refractivity (Wildman–Crippen MR) is 66.0 cm³/mol. The fraction of sp³-hybridized carbons (Fsp3) is 0.538. The van der Waals surface area contributed by atoms with E-state index in [0.717, 1.165) is 5.92 Å². The maximum absolute atomic E-state index is 3.56. The van der Waals surface area contributed by atoms with Gasteiger partial charge in [0.15, 0.2) is 0 Å². The molecular formula is C13H16BrN. The van der Waals surface area contributed by atoms with E-state index >= 15 is 0 Å². The Bertz CT molecular complexity index is 369. The van der Waals surface area contributed by atoms with Gasteiger partial charge < -0.3 is 5.32 Å². The fourth-order valence-corrected chi connectivity index (χ4v) is 3.42. The molecule has 1 aliphatic carbocycles. The molecule has 1 aliphatic heterocycles. The number of nitrogens with one attached hydrogen (secondary N) is 1. The van der Waals surface area contributed by atoms with Gasteiger partial charge in [-0.25, -0.2) is 0 Å². The first-order valence-corrected chi connectivity index (χ1v) is 6.56. The van der Waals surface area contributed by atoms with Crippen molar-refractivity contribution in [1.82, 2.24) is 5.32 Å². The Morgan fingerprint density at radius 2 is 2.33 bits per heavy atom. The minimum absolute atomic E-state index is 0.610. The molecule has 80 valence electrons. The molecule has 1 spiro atoms. The van der Waals surface area contributed by atoms with Crippen LogP contribution in [0.2, 0.25) is 0 Å². The van der Waals surface area contributed by atoms with Gasteiger partial charge in [0.1, 0.15) is 0 Å². The monoisotopic (exact) mass is 265 g/mol. The number of rotatable bonds is 1. The molecule has 3 rings (SSSR count). The van der Waals surface area contributed by atoms with Crippen molar-refractivity contribution in [3.63, 3.8) is 0 Å². The number of halogens is 1. The van der Waals surface area contributed by atoms with Crippen LogP contribution < -0.4 is 5.32 Å². The van der Waals surface area contributed by atoms with Crippen LogP contribution >= 0.6 is 15.9 Å². The average molecular weight is 266 g/mol. The van der Waals surface area contributed by atoms with Crippen LogP contribution in [0, 0.1) is 5.41 Å². The van der Waals surface area contributed by atoms with Crippen molar-refractivity contribution in [1.29, 1.82) is 0 Å². The van der Waals surface area contributed by atoms with E-state index in [1.54, 1.807) is 0 Å². The third-order valence-corrected chi connectivity index (χ3v) is 4.44. The lowest BCUT2D eigenvalue weighted by molar-refractivity contribution is 0.347. The summed E-state index contributed by atoms with van der Waals surface area (Å²) in [6.45, 7) is 2.44. The van der Waals surface area contributed by atoms with Crippen LogP contribution in [0.1, 0.15) is 30.7 Å². The molecule has 2 fully saturated rings. The quantitative estimate of drug-likeness (QED) is 0.822. The Kier molecular flexibility index (Phi) is 2.37. The first-order valence-electron chi connectivity index (χ1n) is 5.76. The Labute approximate surface area is 99.4 Å². The zero-order valence-electron chi connectivity index (χ0n) is 8.80. The van der Waals surface area contributed by atoms with Gasteiger partial charge in [0.05, 0.1) is 0 Å². The van der Waals surface area contributed by atoms with Crippen molar-refractivity contribution in [3.8, 4) is 0 Å². The van der Waals surface area contributed by atoms with Crippen molar-refractivity contribution in [2.75, 3.05) is 13.1 Å². The predicted octanol–water partition coefficient (Wildman–Crippen LogP) is 3.31. The van der Waals surface area contributed by atoms with Gasteiger partial charge in [0.25, 0.3) is 0 Å². The van der Waals surface area contributed by atoms with Crippen molar-refractivity contribution >= 4 is 15.9 Å². The number of benzene rings is 1. The highest BCUT2D eigenvalue weighted by molar-refractivity contribution is 9.10. The van der Waals surface area contributed by atoms with Crippen LogP contribution in [-0.4, -0.2) is 13.1 Å². The van der Waals surface area contributed by atoms with E-state index in [4.69, 9.17) is 0 Å². The van der Waals surface area contributed by atoms with Crippen LogP contribution in [0.3, 0.4) is 0 Å². The van der Waals surface area contributed by atoms with Gasteiger partial charge in [-0.15, -0.1) is 0 Å². The standard InChI is InChI=1S/C13H16BrN/c14-11-4-1-3-10(7-11)12-8-13(12)5-2-6-15-9-13/h1,3-4,7,12,15H,2,5-6,8-9H2. The normalized spacial score (nSPS) is 34.3. The van der Waals surface area contributed by atoms with E-state index in [1.807, 2.05) is 0 Å². The minimum atomic E-state index is 0.610. The van der Waals surface area contributed by atoms with Gasteiger partial charge in [0.2, 0.25) is 0 Å². The molecule has 0 bridgehead atoms. The summed E-state index contributed by atoms with van der Waals surface area (Å²) in [6.07, 6.45) is 4.15. The first kappa shape index (κ1) is 9.86. The molecule has 0 radical (unpaired) electrons. The van der Waals surface area contributed by atoms with Crippen molar-refractivity contribution in [3.05, 3.63) is 34.3 Å². The maximum Gasteiger partial charge on any atom is 0.0178 e. The second-order valence-corrected chi connectivity index (χ2v) is 5.87. The highest BCUT2D eigenvalue weighted by atomic mass is 79.9. The molecule has 1 aromatic rings. The summed E-state index contributed by atoms with van der Waals surface area (Å²) < 4.78 is 1.21. The van der Waals surface area contributed by atoms with E-state index in [2.05, 4.69) is 45.5 Å². The SMILES string of the molecule is Brc1cccc(C2CC23CCCNC3)c1. The topological polar surface area (TPSA) is 12.0 Å². The van der Waals surface area contributed by atoms with Crippen LogP contribution in [0.5, 0.6) is 0 Å². The highest BCUT2D eigenvalue weighted by Crippen LogP contribution is 2.62. The summed E-state index contributed by atoms with van der Waals surface area (Å²) in [5, 5.41) is 3.54. The van der Waals surface area contributed by atoms with Crippen LogP contribution in [-0.2, 0) is 0 Å². The van der Waals surface area contributed by atoms with Gasteiger partial charge in [-0.05, 0) is 54.8 Å². The zero-order valence-corrected chi connectivity index (χ0v) is 10.4.